The Hall–Kier alpha value is -1.80. The average Bonchev–Trinajstić information content (AvgIpc) is 3.48. The second-order valence-corrected chi connectivity index (χ2v) is 11.6. The van der Waals surface area contributed by atoms with Crippen molar-refractivity contribution in [2.45, 2.75) is 74.8 Å². The van der Waals surface area contributed by atoms with Crippen molar-refractivity contribution in [3.05, 3.63) is 25.3 Å². The first-order valence-electron chi connectivity index (χ1n) is 13.3. The number of nitrogens with zero attached hydrogens (tertiary/aromatic N) is 3. The Morgan fingerprint density at radius 1 is 1.09 bits per heavy atom. The molecule has 0 aliphatic carbocycles. The van der Waals surface area contributed by atoms with Gasteiger partial charge in [0.15, 0.2) is 0 Å². The van der Waals surface area contributed by atoms with Gasteiger partial charge in [-0.25, -0.2) is 0 Å². The first-order chi connectivity index (χ1) is 16.9. The molecule has 0 aromatic heterocycles. The summed E-state index contributed by atoms with van der Waals surface area (Å²) in [6, 6.07) is -0.567. The zero-order chi connectivity index (χ0) is 25.6. The standard InChI is InChI=1S/C27H43N3O4S/c1-5-9-17-29(16-8-4)26(34)23-27-13-12-20(35-27)21(24(32)28(14-6-2)15-7-3)22(27)25(33)30(23)18-10-11-19-31/h6,8,20-23,31H,2,4-5,7,9-19H2,1,3H3/t20-,21+,22+,23?,27?/m1/s1. The van der Waals surface area contributed by atoms with Crippen molar-refractivity contribution in [3.63, 3.8) is 0 Å². The number of thioether (sulfide) groups is 1. The van der Waals surface area contributed by atoms with Crippen LogP contribution in [0.1, 0.15) is 58.8 Å². The van der Waals surface area contributed by atoms with Crippen LogP contribution in [0.3, 0.4) is 0 Å². The number of aliphatic hydroxyl groups excluding tert-OH is 1. The lowest BCUT2D eigenvalue weighted by molar-refractivity contribution is -0.144. The number of rotatable bonds is 15. The van der Waals surface area contributed by atoms with E-state index in [2.05, 4.69) is 20.1 Å². The van der Waals surface area contributed by atoms with E-state index < -0.39 is 22.6 Å². The van der Waals surface area contributed by atoms with Crippen molar-refractivity contribution in [3.8, 4) is 0 Å². The number of aliphatic hydroxyl groups is 1. The number of carbonyl (C=O) groups excluding carboxylic acids is 3. The van der Waals surface area contributed by atoms with E-state index in [1.54, 1.807) is 28.8 Å². The summed E-state index contributed by atoms with van der Waals surface area (Å²) in [5, 5.41) is 9.39. The topological polar surface area (TPSA) is 81.2 Å². The van der Waals surface area contributed by atoms with Gasteiger partial charge < -0.3 is 19.8 Å². The molecule has 3 rings (SSSR count). The van der Waals surface area contributed by atoms with Crippen molar-refractivity contribution in [2.24, 2.45) is 11.8 Å². The van der Waals surface area contributed by atoms with Crippen LogP contribution in [-0.2, 0) is 14.4 Å². The molecule has 3 heterocycles. The Balaban J connectivity index is 1.98. The minimum Gasteiger partial charge on any atom is -0.396 e. The van der Waals surface area contributed by atoms with Gasteiger partial charge in [-0.1, -0.05) is 32.4 Å². The summed E-state index contributed by atoms with van der Waals surface area (Å²) in [5.41, 5.74) is 0. The van der Waals surface area contributed by atoms with Crippen molar-refractivity contribution >= 4 is 29.5 Å². The van der Waals surface area contributed by atoms with Gasteiger partial charge >= 0.3 is 0 Å². The minimum atomic E-state index is -0.567. The molecule has 3 amide bonds. The molecular formula is C27H43N3O4S. The van der Waals surface area contributed by atoms with Gasteiger partial charge in [-0.15, -0.1) is 24.9 Å². The SMILES string of the molecule is C=CCN(CCCC)C(=O)C1N(CCCCO)C(=O)[C@@H]2[C@@H](C(=O)N(CC=C)CCC)[C@H]3CCC12S3. The third-order valence-electron chi connectivity index (χ3n) is 7.72. The van der Waals surface area contributed by atoms with Gasteiger partial charge in [0.1, 0.15) is 6.04 Å². The van der Waals surface area contributed by atoms with Gasteiger partial charge in [0.2, 0.25) is 17.7 Å². The molecule has 0 aromatic carbocycles. The summed E-state index contributed by atoms with van der Waals surface area (Å²) in [4.78, 5) is 47.3. The monoisotopic (exact) mass is 505 g/mol. The van der Waals surface area contributed by atoms with Crippen LogP contribution >= 0.6 is 11.8 Å². The van der Waals surface area contributed by atoms with Gasteiger partial charge in [-0.3, -0.25) is 14.4 Å². The molecule has 35 heavy (non-hydrogen) atoms. The minimum absolute atomic E-state index is 0.0176. The van der Waals surface area contributed by atoms with E-state index in [0.29, 0.717) is 45.6 Å². The third-order valence-corrected chi connectivity index (χ3v) is 9.68. The molecule has 0 aromatic rings. The first-order valence-corrected chi connectivity index (χ1v) is 14.2. The fraction of sp³-hybridized carbons (Fsp3) is 0.741. The number of amides is 3. The highest BCUT2D eigenvalue weighted by Crippen LogP contribution is 2.66. The second-order valence-electron chi connectivity index (χ2n) is 10.0. The molecule has 3 aliphatic heterocycles. The van der Waals surface area contributed by atoms with Crippen LogP contribution in [0.5, 0.6) is 0 Å². The Morgan fingerprint density at radius 3 is 2.37 bits per heavy atom. The molecule has 1 N–H and O–H groups in total. The molecule has 3 fully saturated rings. The predicted molar refractivity (Wildman–Crippen MR) is 141 cm³/mol. The molecule has 1 spiro atoms. The van der Waals surface area contributed by atoms with E-state index in [-0.39, 0.29) is 29.6 Å². The van der Waals surface area contributed by atoms with E-state index in [1.807, 2.05) is 16.7 Å². The summed E-state index contributed by atoms with van der Waals surface area (Å²) in [5.74, 6) is -0.909. The van der Waals surface area contributed by atoms with Gasteiger partial charge in [-0.2, -0.15) is 0 Å². The number of unbranched alkanes of at least 4 members (excludes halogenated alkanes) is 2. The average molecular weight is 506 g/mol. The van der Waals surface area contributed by atoms with Crippen LogP contribution in [0.25, 0.3) is 0 Å². The van der Waals surface area contributed by atoms with E-state index in [0.717, 1.165) is 32.1 Å². The molecular weight excluding hydrogens is 462 g/mol. The largest absolute Gasteiger partial charge is 0.396 e. The van der Waals surface area contributed by atoms with Gasteiger partial charge in [0, 0.05) is 44.6 Å². The van der Waals surface area contributed by atoms with E-state index in [9.17, 15) is 19.5 Å². The van der Waals surface area contributed by atoms with E-state index in [4.69, 9.17) is 0 Å². The molecule has 8 heteroatoms. The predicted octanol–water partition coefficient (Wildman–Crippen LogP) is 3.09. The van der Waals surface area contributed by atoms with Crippen LogP contribution in [0.4, 0.5) is 0 Å². The quantitative estimate of drug-likeness (QED) is 0.273. The number of fused-ring (bicyclic) bond motifs is 1. The van der Waals surface area contributed by atoms with Crippen LogP contribution in [0.2, 0.25) is 0 Å². The lowest BCUT2D eigenvalue weighted by atomic mass is 9.70. The number of hydrogen-bond donors (Lipinski definition) is 1. The van der Waals surface area contributed by atoms with Crippen molar-refractivity contribution < 1.29 is 19.5 Å². The fourth-order valence-corrected chi connectivity index (χ4v) is 8.45. The normalized spacial score (nSPS) is 28.8. The Labute approximate surface area is 215 Å². The summed E-state index contributed by atoms with van der Waals surface area (Å²) < 4.78 is -0.559. The lowest BCUT2D eigenvalue weighted by Crippen LogP contribution is -2.55. The lowest BCUT2D eigenvalue weighted by Gasteiger charge is -2.37. The molecule has 2 unspecified atom stereocenters. The highest BCUT2D eigenvalue weighted by Gasteiger charge is 2.73. The molecule has 7 nitrogen and oxygen atoms in total. The molecule has 0 radical (unpaired) electrons. The zero-order valence-corrected chi connectivity index (χ0v) is 22.3. The van der Waals surface area contributed by atoms with E-state index >= 15 is 0 Å². The van der Waals surface area contributed by atoms with Crippen LogP contribution < -0.4 is 0 Å². The van der Waals surface area contributed by atoms with Gasteiger partial charge in [0.25, 0.3) is 0 Å². The first kappa shape index (κ1) is 27.8. The van der Waals surface area contributed by atoms with Gasteiger partial charge in [0.05, 0.1) is 16.6 Å². The summed E-state index contributed by atoms with van der Waals surface area (Å²) >= 11 is 1.72. The van der Waals surface area contributed by atoms with Gasteiger partial charge in [-0.05, 0) is 38.5 Å². The molecule has 0 saturated carbocycles. The second kappa shape index (κ2) is 12.4. The van der Waals surface area contributed by atoms with Crippen molar-refractivity contribution in [2.75, 3.05) is 39.3 Å². The Morgan fingerprint density at radius 2 is 1.77 bits per heavy atom. The molecule has 5 atom stereocenters. The maximum atomic E-state index is 14.1. The van der Waals surface area contributed by atoms with Crippen molar-refractivity contribution in [1.29, 1.82) is 0 Å². The maximum Gasteiger partial charge on any atom is 0.247 e. The summed E-state index contributed by atoms with van der Waals surface area (Å²) in [7, 11) is 0. The molecule has 196 valence electrons. The number of hydrogen-bond acceptors (Lipinski definition) is 5. The smallest absolute Gasteiger partial charge is 0.247 e. The third kappa shape index (κ3) is 5.19. The molecule has 3 aliphatic rings. The number of likely N-dealkylation sites (tertiary alicyclic amines) is 1. The molecule has 3 saturated heterocycles. The highest BCUT2D eigenvalue weighted by molar-refractivity contribution is 8.02. The Bertz CT molecular complexity index is 805. The fourth-order valence-electron chi connectivity index (χ4n) is 6.25. The highest BCUT2D eigenvalue weighted by atomic mass is 32.2. The van der Waals surface area contributed by atoms with Crippen LogP contribution in [0.15, 0.2) is 25.3 Å². The molecule has 2 bridgehead atoms. The zero-order valence-electron chi connectivity index (χ0n) is 21.5. The number of carbonyl (C=O) groups is 3. The van der Waals surface area contributed by atoms with Crippen LogP contribution in [0, 0.1) is 11.8 Å². The Kier molecular flexibility index (Phi) is 9.87. The van der Waals surface area contributed by atoms with E-state index in [1.165, 1.54) is 0 Å². The summed E-state index contributed by atoms with van der Waals surface area (Å²) in [6.07, 6.45) is 9.05. The van der Waals surface area contributed by atoms with Crippen molar-refractivity contribution in [1.82, 2.24) is 14.7 Å². The van der Waals surface area contributed by atoms with Crippen LogP contribution in [-0.4, -0.2) is 92.9 Å². The summed E-state index contributed by atoms with van der Waals surface area (Å²) in [6.45, 7) is 14.5. The maximum absolute atomic E-state index is 14.1.